The maximum Gasteiger partial charge on any atom is 0.342 e. The first-order valence-corrected chi connectivity index (χ1v) is 7.28. The van der Waals surface area contributed by atoms with Gasteiger partial charge in [-0.05, 0) is 30.3 Å². The number of ether oxygens (including phenoxy) is 1. The lowest BCUT2D eigenvalue weighted by atomic mass is 10.2. The van der Waals surface area contributed by atoms with E-state index in [-0.39, 0.29) is 22.9 Å². The Balaban J connectivity index is 2.07. The lowest BCUT2D eigenvalue weighted by molar-refractivity contribution is -0.121. The molecule has 2 rings (SSSR count). The Kier molecular flexibility index (Phi) is 5.77. The van der Waals surface area contributed by atoms with E-state index in [1.54, 1.807) is 30.3 Å². The van der Waals surface area contributed by atoms with Crippen LogP contribution in [-0.4, -0.2) is 30.1 Å². The number of carbonyl (C=O) groups excluding carboxylic acids is 2. The van der Waals surface area contributed by atoms with E-state index in [9.17, 15) is 14.7 Å². The van der Waals surface area contributed by atoms with Crippen LogP contribution in [0, 0.1) is 11.3 Å². The quantitative estimate of drug-likeness (QED) is 0.665. The number of nitrogens with zero attached hydrogens (tertiary/aromatic N) is 2. The third kappa shape index (κ3) is 4.24. The molecule has 6 nitrogen and oxygen atoms in total. The maximum absolute atomic E-state index is 12.2. The van der Waals surface area contributed by atoms with E-state index < -0.39 is 18.5 Å². The highest BCUT2D eigenvalue weighted by Gasteiger charge is 2.19. The standard InChI is InChI=1S/C17H13ClN2O4/c18-12-6-7-15(21)14(10-12)17(23)24-11-16(22)20(9-8-19)13-4-2-1-3-5-13/h1-7,10,21H,9,11H2. The number of esters is 1. The van der Waals surface area contributed by atoms with Crippen LogP contribution >= 0.6 is 11.6 Å². The normalized spacial score (nSPS) is 9.83. The van der Waals surface area contributed by atoms with Crippen molar-refractivity contribution in [3.8, 4) is 11.8 Å². The molecule has 7 heteroatoms. The average Bonchev–Trinajstić information content (AvgIpc) is 2.60. The second-order valence-electron chi connectivity index (χ2n) is 4.71. The molecule has 0 bridgehead atoms. The summed E-state index contributed by atoms with van der Waals surface area (Å²) in [5.41, 5.74) is 0.382. The molecule has 0 heterocycles. The van der Waals surface area contributed by atoms with Gasteiger partial charge in [-0.2, -0.15) is 5.26 Å². The first kappa shape index (κ1) is 17.3. The van der Waals surface area contributed by atoms with Crippen molar-refractivity contribution in [3.63, 3.8) is 0 Å². The molecule has 0 atom stereocenters. The van der Waals surface area contributed by atoms with Crippen molar-refractivity contribution in [2.75, 3.05) is 18.1 Å². The Morgan fingerprint density at radius 1 is 1.21 bits per heavy atom. The number of phenolic OH excluding ortho intramolecular Hbond substituents is 1. The summed E-state index contributed by atoms with van der Waals surface area (Å²) in [7, 11) is 0. The van der Waals surface area contributed by atoms with Crippen LogP contribution in [0.4, 0.5) is 5.69 Å². The van der Waals surface area contributed by atoms with Gasteiger partial charge in [0.15, 0.2) is 6.61 Å². The van der Waals surface area contributed by atoms with Crippen LogP contribution in [0.3, 0.4) is 0 Å². The Hall–Kier alpha value is -3.04. The van der Waals surface area contributed by atoms with Crippen LogP contribution in [0.2, 0.25) is 5.02 Å². The summed E-state index contributed by atoms with van der Waals surface area (Å²) in [6.07, 6.45) is 0. The van der Waals surface area contributed by atoms with Crippen molar-refractivity contribution in [1.82, 2.24) is 0 Å². The molecule has 1 N–H and O–H groups in total. The number of carbonyl (C=O) groups is 2. The average molecular weight is 345 g/mol. The van der Waals surface area contributed by atoms with Gasteiger partial charge in [0.05, 0.1) is 6.07 Å². The van der Waals surface area contributed by atoms with Gasteiger partial charge in [-0.1, -0.05) is 29.8 Å². The Bertz CT molecular complexity index is 787. The molecular formula is C17H13ClN2O4. The maximum atomic E-state index is 12.2. The number of aromatic hydroxyl groups is 1. The Morgan fingerprint density at radius 2 is 1.92 bits per heavy atom. The molecule has 24 heavy (non-hydrogen) atoms. The number of para-hydroxylation sites is 1. The zero-order valence-electron chi connectivity index (χ0n) is 12.5. The Labute approximate surface area is 143 Å². The lowest BCUT2D eigenvalue weighted by Gasteiger charge is -2.19. The number of nitriles is 1. The van der Waals surface area contributed by atoms with Gasteiger partial charge in [0.2, 0.25) is 0 Å². The summed E-state index contributed by atoms with van der Waals surface area (Å²) < 4.78 is 4.92. The van der Waals surface area contributed by atoms with Crippen molar-refractivity contribution >= 4 is 29.2 Å². The number of anilines is 1. The SMILES string of the molecule is N#CCN(C(=O)COC(=O)c1cc(Cl)ccc1O)c1ccccc1. The van der Waals surface area contributed by atoms with Crippen LogP contribution in [0.15, 0.2) is 48.5 Å². The minimum absolute atomic E-state index is 0.137. The van der Waals surface area contributed by atoms with E-state index in [2.05, 4.69) is 0 Å². The van der Waals surface area contributed by atoms with Crippen LogP contribution in [0.25, 0.3) is 0 Å². The molecule has 0 unspecified atom stereocenters. The highest BCUT2D eigenvalue weighted by Crippen LogP contribution is 2.22. The fourth-order valence-corrected chi connectivity index (χ4v) is 2.13. The molecule has 0 fully saturated rings. The third-order valence-corrected chi connectivity index (χ3v) is 3.34. The number of rotatable bonds is 5. The summed E-state index contributed by atoms with van der Waals surface area (Å²) in [6.45, 7) is -0.746. The van der Waals surface area contributed by atoms with Crippen molar-refractivity contribution in [2.45, 2.75) is 0 Å². The van der Waals surface area contributed by atoms with E-state index in [1.165, 1.54) is 23.1 Å². The molecule has 2 aromatic carbocycles. The lowest BCUT2D eigenvalue weighted by Crippen LogP contribution is -2.35. The molecule has 122 valence electrons. The molecular weight excluding hydrogens is 332 g/mol. The summed E-state index contributed by atoms with van der Waals surface area (Å²) >= 11 is 5.77. The van der Waals surface area contributed by atoms with Gasteiger partial charge in [-0.15, -0.1) is 0 Å². The molecule has 0 spiro atoms. The van der Waals surface area contributed by atoms with Gasteiger partial charge in [-0.25, -0.2) is 4.79 Å². The van der Waals surface area contributed by atoms with Crippen LogP contribution in [0.5, 0.6) is 5.75 Å². The van der Waals surface area contributed by atoms with E-state index in [0.717, 1.165) is 0 Å². The van der Waals surface area contributed by atoms with Gasteiger partial charge >= 0.3 is 5.97 Å². The molecule has 0 radical (unpaired) electrons. The van der Waals surface area contributed by atoms with E-state index in [1.807, 2.05) is 6.07 Å². The fourth-order valence-electron chi connectivity index (χ4n) is 1.96. The molecule has 0 aliphatic carbocycles. The predicted molar refractivity (Wildman–Crippen MR) is 87.8 cm³/mol. The van der Waals surface area contributed by atoms with E-state index >= 15 is 0 Å². The second-order valence-corrected chi connectivity index (χ2v) is 5.15. The summed E-state index contributed by atoms with van der Waals surface area (Å²) in [4.78, 5) is 25.4. The number of benzene rings is 2. The summed E-state index contributed by atoms with van der Waals surface area (Å²) in [5.74, 6) is -1.74. The molecule has 0 aliphatic rings. The number of halogens is 1. The number of hydrogen-bond acceptors (Lipinski definition) is 5. The Morgan fingerprint density at radius 3 is 2.58 bits per heavy atom. The third-order valence-electron chi connectivity index (χ3n) is 3.10. The summed E-state index contributed by atoms with van der Waals surface area (Å²) in [5, 5.41) is 18.8. The topological polar surface area (TPSA) is 90.6 Å². The molecule has 2 aromatic rings. The van der Waals surface area contributed by atoms with Gasteiger partial charge in [0.25, 0.3) is 5.91 Å². The van der Waals surface area contributed by atoms with Gasteiger partial charge in [-0.3, -0.25) is 9.69 Å². The molecule has 1 amide bonds. The molecule has 0 saturated carbocycles. The smallest absolute Gasteiger partial charge is 0.342 e. The van der Waals surface area contributed by atoms with Crippen LogP contribution in [-0.2, 0) is 9.53 Å². The van der Waals surface area contributed by atoms with Gasteiger partial charge in [0.1, 0.15) is 17.9 Å². The number of phenols is 1. The van der Waals surface area contributed by atoms with Crippen molar-refractivity contribution in [2.24, 2.45) is 0 Å². The van der Waals surface area contributed by atoms with E-state index in [4.69, 9.17) is 21.6 Å². The minimum Gasteiger partial charge on any atom is -0.507 e. The monoisotopic (exact) mass is 344 g/mol. The zero-order chi connectivity index (χ0) is 17.5. The van der Waals surface area contributed by atoms with Crippen LogP contribution < -0.4 is 4.90 Å². The van der Waals surface area contributed by atoms with Crippen molar-refractivity contribution in [3.05, 3.63) is 59.1 Å². The van der Waals surface area contributed by atoms with Crippen molar-refractivity contribution in [1.29, 1.82) is 5.26 Å². The largest absolute Gasteiger partial charge is 0.507 e. The molecule has 0 aliphatic heterocycles. The highest BCUT2D eigenvalue weighted by molar-refractivity contribution is 6.31. The fraction of sp³-hybridized carbons (Fsp3) is 0.118. The summed E-state index contributed by atoms with van der Waals surface area (Å²) in [6, 6.07) is 14.4. The predicted octanol–water partition coefficient (Wildman–Crippen LogP) is 2.76. The highest BCUT2D eigenvalue weighted by atomic mass is 35.5. The minimum atomic E-state index is -0.881. The van der Waals surface area contributed by atoms with Crippen LogP contribution in [0.1, 0.15) is 10.4 Å². The van der Waals surface area contributed by atoms with Gasteiger partial charge < -0.3 is 9.84 Å². The van der Waals surface area contributed by atoms with E-state index in [0.29, 0.717) is 5.69 Å². The molecule has 0 aromatic heterocycles. The number of hydrogen-bond donors (Lipinski definition) is 1. The first-order valence-electron chi connectivity index (χ1n) is 6.91. The second kappa shape index (κ2) is 7.99. The number of amides is 1. The van der Waals surface area contributed by atoms with Gasteiger partial charge in [0, 0.05) is 10.7 Å². The first-order chi connectivity index (χ1) is 11.5. The zero-order valence-corrected chi connectivity index (χ0v) is 13.2. The van der Waals surface area contributed by atoms with Crippen molar-refractivity contribution < 1.29 is 19.4 Å². The molecule has 0 saturated heterocycles.